The van der Waals surface area contributed by atoms with Crippen molar-refractivity contribution in [2.45, 2.75) is 52.0 Å². The Morgan fingerprint density at radius 3 is 1.76 bits per heavy atom. The third-order valence-electron chi connectivity index (χ3n) is 10.2. The van der Waals surface area contributed by atoms with E-state index in [0.717, 1.165) is 33.6 Å². The molecule has 0 atom stereocenters. The predicted molar refractivity (Wildman–Crippen MR) is 230 cm³/mol. The van der Waals surface area contributed by atoms with Gasteiger partial charge in [0.1, 0.15) is 40.2 Å². The summed E-state index contributed by atoms with van der Waals surface area (Å²) in [7, 11) is 2.43. The molecule has 9 rings (SSSR count). The Morgan fingerprint density at radius 2 is 1.24 bits per heavy atom. The fraction of sp³-hybridized carbons (Fsp3) is 0.273. The number of ether oxygens (including phenoxy) is 3. The van der Waals surface area contributed by atoms with Crippen molar-refractivity contribution in [2.24, 2.45) is 0 Å². The van der Waals surface area contributed by atoms with Gasteiger partial charge in [-0.25, -0.2) is 32.9 Å². The molecule has 20 nitrogen and oxygen atoms in total. The van der Waals surface area contributed by atoms with Gasteiger partial charge >= 0.3 is 11.9 Å². The molecule has 22 heteroatoms. The second-order valence-corrected chi connectivity index (χ2v) is 14.5. The van der Waals surface area contributed by atoms with E-state index in [-0.39, 0.29) is 53.1 Å². The smallest absolute Gasteiger partial charge is 0.361 e. The second kappa shape index (κ2) is 21.6. The minimum atomic E-state index is -0.899. The number of imide groups is 1. The fourth-order valence-electron chi connectivity index (χ4n) is 6.83. The van der Waals surface area contributed by atoms with Gasteiger partial charge in [0.25, 0.3) is 11.1 Å². The first-order valence-electron chi connectivity index (χ1n) is 20.2. The summed E-state index contributed by atoms with van der Waals surface area (Å²) < 4.78 is 42.8. The van der Waals surface area contributed by atoms with Crippen molar-refractivity contribution in [1.82, 2.24) is 39.5 Å². The number of aliphatic hydroxyl groups excluding tert-OH is 1. The van der Waals surface area contributed by atoms with Gasteiger partial charge in [-0.3, -0.25) is 43.3 Å². The van der Waals surface area contributed by atoms with Crippen LogP contribution < -0.4 is 22.0 Å². The van der Waals surface area contributed by atoms with Crippen molar-refractivity contribution in [2.75, 3.05) is 27.4 Å². The topological polar surface area (TPSA) is 260 Å². The summed E-state index contributed by atoms with van der Waals surface area (Å²) in [6.07, 6.45) is 3.14. The van der Waals surface area contributed by atoms with Gasteiger partial charge in [0.2, 0.25) is 28.4 Å². The third-order valence-corrected chi connectivity index (χ3v) is 10.2. The number of amides is 2. The van der Waals surface area contributed by atoms with Gasteiger partial charge in [-0.1, -0.05) is 59.8 Å². The highest BCUT2D eigenvalue weighted by atomic mass is 19.1. The molecule has 66 heavy (non-hydrogen) atoms. The third kappa shape index (κ3) is 10.7. The first kappa shape index (κ1) is 47.5. The van der Waals surface area contributed by atoms with E-state index in [2.05, 4.69) is 30.1 Å². The van der Waals surface area contributed by atoms with Crippen molar-refractivity contribution in [1.29, 1.82) is 0 Å². The lowest BCUT2D eigenvalue weighted by atomic mass is 10.2. The first-order valence-corrected chi connectivity index (χ1v) is 20.2. The van der Waals surface area contributed by atoms with Crippen molar-refractivity contribution in [3.63, 3.8) is 0 Å². The van der Waals surface area contributed by atoms with E-state index in [1.54, 1.807) is 12.1 Å². The zero-order chi connectivity index (χ0) is 47.5. The van der Waals surface area contributed by atoms with Crippen LogP contribution in [0, 0.1) is 11.6 Å². The zero-order valence-corrected chi connectivity index (χ0v) is 35.5. The number of aromatic amines is 2. The normalized spacial score (nSPS) is 13.1. The molecule has 2 fully saturated rings. The minimum Gasteiger partial charge on any atom is -0.464 e. The SMILES string of the molecule is C1CCOC1.COC(=O)c1nnn(Cc2ccccc2)c1C(=O)OC.O=C1CCC(=O)N1Cc1ccc(F)cc1.O=c1c2[nH][nH]n(CO)c2c(=O)c2c(=O)n(Cc3ccc(F)cc3)c(=O)c12. The minimum absolute atomic E-state index is 0.0248. The highest BCUT2D eigenvalue weighted by molar-refractivity contribution is 6.02. The summed E-state index contributed by atoms with van der Waals surface area (Å²) in [6, 6.07) is 20.3. The Bertz CT molecular complexity index is 3060. The quantitative estimate of drug-likeness (QED) is 0.139. The molecule has 0 unspecified atom stereocenters. The molecule has 0 saturated carbocycles. The molecule has 4 aromatic carbocycles. The van der Waals surface area contributed by atoms with Crippen LogP contribution in [0.15, 0.2) is 98.0 Å². The number of likely N-dealkylation sites (tertiary alicyclic amines) is 1. The number of aliphatic hydroxyl groups is 1. The number of methoxy groups -OCH3 is 2. The molecule has 2 aliphatic heterocycles. The van der Waals surface area contributed by atoms with Gasteiger partial charge in [-0.05, 0) is 53.8 Å². The molecule has 5 heterocycles. The number of aromatic nitrogens is 7. The predicted octanol–water partition coefficient (Wildman–Crippen LogP) is 2.44. The van der Waals surface area contributed by atoms with Crippen LogP contribution in [0.4, 0.5) is 8.78 Å². The number of carbonyl (C=O) groups excluding carboxylic acids is 4. The molecule has 2 aliphatic rings. The van der Waals surface area contributed by atoms with Crippen LogP contribution in [0.2, 0.25) is 0 Å². The molecule has 7 aromatic rings. The molecule has 2 amide bonds. The number of esters is 2. The number of hydrogen-bond acceptors (Lipinski definition) is 14. The summed E-state index contributed by atoms with van der Waals surface area (Å²) >= 11 is 0. The van der Waals surface area contributed by atoms with E-state index in [4.69, 9.17) is 4.74 Å². The Labute approximate surface area is 370 Å². The van der Waals surface area contributed by atoms with Crippen LogP contribution >= 0.6 is 0 Å². The Balaban J connectivity index is 0.000000160. The number of benzene rings is 4. The van der Waals surface area contributed by atoms with Crippen molar-refractivity contribution >= 4 is 45.6 Å². The van der Waals surface area contributed by atoms with E-state index in [1.165, 1.54) is 73.0 Å². The summed E-state index contributed by atoms with van der Waals surface area (Å²) in [5.41, 5.74) is -1.89. The van der Waals surface area contributed by atoms with Crippen LogP contribution in [-0.4, -0.2) is 95.7 Å². The first-order chi connectivity index (χ1) is 31.8. The van der Waals surface area contributed by atoms with Gasteiger partial charge in [-0.2, -0.15) is 0 Å². The van der Waals surface area contributed by atoms with Crippen LogP contribution in [-0.2, 0) is 50.2 Å². The van der Waals surface area contributed by atoms with Gasteiger partial charge in [-0.15, -0.1) is 5.10 Å². The van der Waals surface area contributed by atoms with Crippen LogP contribution in [0.25, 0.3) is 21.8 Å². The number of hydrogen-bond donors (Lipinski definition) is 3. The van der Waals surface area contributed by atoms with Gasteiger partial charge in [0.05, 0.1) is 33.9 Å². The van der Waals surface area contributed by atoms with E-state index in [0.29, 0.717) is 24.9 Å². The molecular formula is C44H42F2N8O12. The van der Waals surface area contributed by atoms with Crippen LogP contribution in [0.1, 0.15) is 63.4 Å². The van der Waals surface area contributed by atoms with Crippen molar-refractivity contribution in [3.05, 3.63) is 160 Å². The molecule has 0 spiro atoms. The van der Waals surface area contributed by atoms with Gasteiger partial charge < -0.3 is 19.3 Å². The standard InChI is InChI=1S/C16H11FN4O5.C13H13N3O4.C11H10FNO2.C4H8O/c17-8-3-1-7(2-4-8)5-20-15(25)9-10(16(20)26)14(24)12-11(13(9)23)18-19-21(12)6-22;1-19-12(17)10-11(13(18)20-2)16(15-14-10)8-9-6-4-3-5-7-9;12-9-3-1-8(2-4-9)7-13-10(14)5-6-11(13)15;1-2-4-5-3-1/h1-4,18-19,22H,5-6H2;3-7H,8H2,1-2H3;1-4H,5-7H2;1-4H2. The highest BCUT2D eigenvalue weighted by Crippen LogP contribution is 2.16. The van der Waals surface area contributed by atoms with Gasteiger partial charge in [0, 0.05) is 26.1 Å². The number of carbonyl (C=O) groups is 4. The van der Waals surface area contributed by atoms with Crippen LogP contribution in [0.3, 0.4) is 0 Å². The Hall–Kier alpha value is -7.98. The lowest BCUT2D eigenvalue weighted by Gasteiger charge is -2.13. The maximum Gasteiger partial charge on any atom is 0.361 e. The average molecular weight is 913 g/mol. The largest absolute Gasteiger partial charge is 0.464 e. The molecular weight excluding hydrogens is 871 g/mol. The average Bonchev–Trinajstić information content (AvgIpc) is 4.20. The van der Waals surface area contributed by atoms with E-state index < -0.39 is 57.2 Å². The molecule has 3 N–H and O–H groups in total. The number of H-pyrrole nitrogens is 2. The number of rotatable bonds is 9. The summed E-state index contributed by atoms with van der Waals surface area (Å²) in [4.78, 5) is 97.6. The lowest BCUT2D eigenvalue weighted by molar-refractivity contribution is -0.139. The van der Waals surface area contributed by atoms with E-state index in [9.17, 15) is 52.2 Å². The highest BCUT2D eigenvalue weighted by Gasteiger charge is 2.29. The van der Waals surface area contributed by atoms with E-state index in [1.807, 2.05) is 30.3 Å². The molecule has 2 saturated heterocycles. The Kier molecular flexibility index (Phi) is 15.5. The maximum absolute atomic E-state index is 13.0. The van der Waals surface area contributed by atoms with Crippen molar-refractivity contribution < 1.29 is 47.3 Å². The number of fused-ring (bicyclic) bond motifs is 2. The second-order valence-electron chi connectivity index (χ2n) is 14.5. The van der Waals surface area contributed by atoms with Crippen LogP contribution in [0.5, 0.6) is 0 Å². The lowest BCUT2D eigenvalue weighted by Crippen LogP contribution is -2.28. The van der Waals surface area contributed by atoms with Crippen molar-refractivity contribution in [3.8, 4) is 0 Å². The molecule has 0 radical (unpaired) electrons. The summed E-state index contributed by atoms with van der Waals surface area (Å²) in [6.45, 7) is 1.72. The van der Waals surface area contributed by atoms with E-state index >= 15 is 0 Å². The molecule has 0 bridgehead atoms. The molecule has 344 valence electrons. The number of halogens is 2. The fourth-order valence-corrected chi connectivity index (χ4v) is 6.83. The summed E-state index contributed by atoms with van der Waals surface area (Å²) in [5.74, 6) is -2.51. The number of nitrogens with one attached hydrogen (secondary N) is 2. The molecule has 3 aromatic heterocycles. The number of nitrogens with zero attached hydrogens (tertiary/aromatic N) is 6. The summed E-state index contributed by atoms with van der Waals surface area (Å²) in [5, 5.41) is 20.6. The maximum atomic E-state index is 13.0. The zero-order valence-electron chi connectivity index (χ0n) is 35.5. The Morgan fingerprint density at radius 1 is 0.712 bits per heavy atom. The monoisotopic (exact) mass is 912 g/mol. The van der Waals surface area contributed by atoms with Gasteiger partial charge in [0.15, 0.2) is 5.69 Å². The molecule has 0 aliphatic carbocycles.